The molecule has 11 heteroatoms. The quantitative estimate of drug-likeness (QED) is 0.167. The first-order chi connectivity index (χ1) is 16.4. The van der Waals surface area contributed by atoms with E-state index in [9.17, 15) is 4.79 Å². The van der Waals surface area contributed by atoms with E-state index in [4.69, 9.17) is 39.5 Å². The van der Waals surface area contributed by atoms with Crippen LogP contribution in [-0.4, -0.2) is 44.8 Å². The number of anilines is 2. The second-order valence-electron chi connectivity index (χ2n) is 8.54. The Morgan fingerprint density at radius 2 is 1.28 bits per heavy atom. The largest absolute Gasteiger partial charge is 0.399 e. The van der Waals surface area contributed by atoms with Crippen LogP contribution in [0.2, 0.25) is 10.0 Å². The average molecular weight is 579 g/mol. The van der Waals surface area contributed by atoms with Crippen LogP contribution in [0.5, 0.6) is 0 Å². The molecule has 2 fully saturated rings. The number of oxime groups is 1. The van der Waals surface area contributed by atoms with Gasteiger partial charge in [-0.05, 0) is 88.3 Å². The molecule has 200 valence electrons. The number of Topliss-reactive ketones (excluding diaryl/α,β-unsaturated/α-hetero) is 1. The first kappa shape index (κ1) is 32.3. The average Bonchev–Trinajstić information content (AvgIpc) is 2.87. The van der Waals surface area contributed by atoms with Gasteiger partial charge in [0.1, 0.15) is 7.11 Å². The summed E-state index contributed by atoms with van der Waals surface area (Å²) in [5.74, 6) is 0.579. The molecule has 2 saturated heterocycles. The van der Waals surface area contributed by atoms with Crippen LogP contribution in [0.1, 0.15) is 41.6 Å². The SMILES string of the molecule is CON=C(c1cc(Cl)ccc1N)C1CCNCC1.Cl.Cl.Nc1ccc(Cl)cc1C(=O)C1CCNCC1. The number of nitrogens with one attached hydrogen (secondary N) is 2. The van der Waals surface area contributed by atoms with E-state index in [1.807, 2.05) is 12.1 Å². The van der Waals surface area contributed by atoms with Crippen molar-refractivity contribution in [2.24, 2.45) is 17.0 Å². The summed E-state index contributed by atoms with van der Waals surface area (Å²) < 4.78 is 0. The molecule has 2 aliphatic heterocycles. The number of carbonyl (C=O) groups is 1. The molecule has 0 aliphatic carbocycles. The van der Waals surface area contributed by atoms with Gasteiger partial charge in [0, 0.05) is 44.4 Å². The number of benzene rings is 2. The standard InChI is InChI=1S/C13H18ClN3O.C12H15ClN2O.2ClH/c1-18-17-13(9-4-6-16-7-5-9)11-8-10(14)2-3-12(11)15;13-9-1-2-11(14)10(7-9)12(16)8-3-5-15-6-4-8;;/h2-3,8-9,16H,4-7,15H2,1H3;1-2,7-8,15H,3-6,14H2;2*1H. The van der Waals surface area contributed by atoms with Crippen LogP contribution in [0.15, 0.2) is 41.6 Å². The van der Waals surface area contributed by atoms with Crippen molar-refractivity contribution in [2.75, 3.05) is 44.8 Å². The lowest BCUT2D eigenvalue weighted by atomic mass is 9.88. The summed E-state index contributed by atoms with van der Waals surface area (Å²) in [6, 6.07) is 10.5. The van der Waals surface area contributed by atoms with Gasteiger partial charge in [-0.1, -0.05) is 28.4 Å². The van der Waals surface area contributed by atoms with Crippen LogP contribution >= 0.6 is 48.0 Å². The lowest BCUT2D eigenvalue weighted by Gasteiger charge is -2.24. The molecule has 2 heterocycles. The number of nitrogen functional groups attached to an aromatic ring is 2. The van der Waals surface area contributed by atoms with Crippen LogP contribution in [0.25, 0.3) is 0 Å². The molecule has 0 unspecified atom stereocenters. The molecule has 0 radical (unpaired) electrons. The maximum absolute atomic E-state index is 12.2. The predicted octanol–water partition coefficient (Wildman–Crippen LogP) is 5.22. The van der Waals surface area contributed by atoms with Crippen LogP contribution in [0, 0.1) is 11.8 Å². The van der Waals surface area contributed by atoms with Gasteiger partial charge in [-0.15, -0.1) is 24.8 Å². The third-order valence-electron chi connectivity index (χ3n) is 6.20. The van der Waals surface area contributed by atoms with E-state index in [1.54, 1.807) is 31.4 Å². The third-order valence-corrected chi connectivity index (χ3v) is 6.67. The highest BCUT2D eigenvalue weighted by Crippen LogP contribution is 2.26. The molecule has 0 atom stereocenters. The van der Waals surface area contributed by atoms with Crippen LogP contribution in [0.4, 0.5) is 11.4 Å². The topological polar surface area (TPSA) is 115 Å². The van der Waals surface area contributed by atoms with Crippen LogP contribution in [-0.2, 0) is 4.84 Å². The summed E-state index contributed by atoms with van der Waals surface area (Å²) >= 11 is 11.9. The zero-order chi connectivity index (χ0) is 24.5. The Hall–Kier alpha value is -1.74. The van der Waals surface area contributed by atoms with Crippen molar-refractivity contribution in [1.29, 1.82) is 0 Å². The van der Waals surface area contributed by atoms with E-state index >= 15 is 0 Å². The fraction of sp³-hybridized carbons (Fsp3) is 0.440. The van der Waals surface area contributed by atoms with Crippen molar-refractivity contribution in [3.63, 3.8) is 0 Å². The zero-order valence-corrected chi connectivity index (χ0v) is 23.4. The predicted molar refractivity (Wildman–Crippen MR) is 155 cm³/mol. The lowest BCUT2D eigenvalue weighted by Crippen LogP contribution is -2.32. The molecule has 2 aliphatic rings. The normalized spacial score (nSPS) is 16.6. The summed E-state index contributed by atoms with van der Waals surface area (Å²) in [5.41, 5.74) is 15.4. The zero-order valence-electron chi connectivity index (χ0n) is 20.3. The molecule has 2 aromatic rings. The summed E-state index contributed by atoms with van der Waals surface area (Å²) in [7, 11) is 1.56. The summed E-state index contributed by atoms with van der Waals surface area (Å²) in [4.78, 5) is 17.2. The van der Waals surface area contributed by atoms with Gasteiger partial charge in [0.05, 0.1) is 5.71 Å². The van der Waals surface area contributed by atoms with Crippen molar-refractivity contribution in [3.05, 3.63) is 57.6 Å². The van der Waals surface area contributed by atoms with Gasteiger partial charge in [0.2, 0.25) is 0 Å². The highest BCUT2D eigenvalue weighted by molar-refractivity contribution is 6.31. The van der Waals surface area contributed by atoms with E-state index in [0.717, 1.165) is 63.1 Å². The molecule has 4 rings (SSSR count). The minimum absolute atomic E-state index is 0. The Morgan fingerprint density at radius 3 is 1.78 bits per heavy atom. The number of hydrogen-bond acceptors (Lipinski definition) is 7. The van der Waals surface area contributed by atoms with Crippen molar-refractivity contribution >= 4 is 70.9 Å². The number of nitrogens with zero attached hydrogens (tertiary/aromatic N) is 1. The molecule has 0 aromatic heterocycles. The van der Waals surface area contributed by atoms with Gasteiger partial charge < -0.3 is 26.9 Å². The molecular formula is C25H35Cl4N5O2. The number of carbonyl (C=O) groups excluding carboxylic acids is 1. The Kier molecular flexibility index (Phi) is 14.5. The van der Waals surface area contributed by atoms with Gasteiger partial charge >= 0.3 is 0 Å². The van der Waals surface area contributed by atoms with Gasteiger partial charge in [0.25, 0.3) is 0 Å². The molecule has 0 amide bonds. The smallest absolute Gasteiger partial charge is 0.168 e. The van der Waals surface area contributed by atoms with E-state index in [2.05, 4.69) is 15.8 Å². The van der Waals surface area contributed by atoms with Gasteiger partial charge in [-0.3, -0.25) is 4.79 Å². The number of ketones is 1. The molecule has 36 heavy (non-hydrogen) atoms. The molecule has 0 saturated carbocycles. The lowest BCUT2D eigenvalue weighted by molar-refractivity contribution is 0.0896. The fourth-order valence-electron chi connectivity index (χ4n) is 4.33. The molecule has 7 nitrogen and oxygen atoms in total. The molecule has 0 bridgehead atoms. The Morgan fingerprint density at radius 1 is 0.833 bits per heavy atom. The van der Waals surface area contributed by atoms with Gasteiger partial charge in [-0.25, -0.2) is 0 Å². The van der Waals surface area contributed by atoms with Crippen molar-refractivity contribution in [1.82, 2.24) is 10.6 Å². The maximum atomic E-state index is 12.2. The van der Waals surface area contributed by atoms with E-state index in [1.165, 1.54) is 0 Å². The summed E-state index contributed by atoms with van der Waals surface area (Å²) in [6.07, 6.45) is 3.83. The Balaban J connectivity index is 0.000000343. The second-order valence-corrected chi connectivity index (χ2v) is 9.41. The molecule has 2 aromatic carbocycles. The van der Waals surface area contributed by atoms with Gasteiger partial charge in [-0.2, -0.15) is 0 Å². The summed E-state index contributed by atoms with van der Waals surface area (Å²) in [6.45, 7) is 3.79. The Bertz CT molecular complexity index is 1010. The van der Waals surface area contributed by atoms with E-state index < -0.39 is 0 Å². The minimum atomic E-state index is 0. The minimum Gasteiger partial charge on any atom is -0.399 e. The first-order valence-electron chi connectivity index (χ1n) is 11.6. The number of hydrogen-bond donors (Lipinski definition) is 4. The highest BCUT2D eigenvalue weighted by Gasteiger charge is 2.24. The molecule has 0 spiro atoms. The second kappa shape index (κ2) is 16.2. The van der Waals surface area contributed by atoms with Crippen LogP contribution < -0.4 is 22.1 Å². The first-order valence-corrected chi connectivity index (χ1v) is 12.3. The molecule has 6 N–H and O–H groups in total. The summed E-state index contributed by atoms with van der Waals surface area (Å²) in [5, 5.41) is 12.0. The van der Waals surface area contributed by atoms with Crippen molar-refractivity contribution in [2.45, 2.75) is 25.7 Å². The highest BCUT2D eigenvalue weighted by atomic mass is 35.5. The van der Waals surface area contributed by atoms with E-state index in [0.29, 0.717) is 32.9 Å². The van der Waals surface area contributed by atoms with Crippen molar-refractivity contribution in [3.8, 4) is 0 Å². The van der Waals surface area contributed by atoms with E-state index in [-0.39, 0.29) is 36.5 Å². The van der Waals surface area contributed by atoms with Gasteiger partial charge in [0.15, 0.2) is 5.78 Å². The molecular weight excluding hydrogens is 544 g/mol. The number of rotatable bonds is 5. The number of nitrogens with two attached hydrogens (primary N) is 2. The fourth-order valence-corrected chi connectivity index (χ4v) is 4.68. The maximum Gasteiger partial charge on any atom is 0.168 e. The third kappa shape index (κ3) is 8.98. The monoisotopic (exact) mass is 577 g/mol. The number of piperidine rings is 2. The number of halogens is 4. The van der Waals surface area contributed by atoms with Crippen LogP contribution in [0.3, 0.4) is 0 Å². The Labute approximate surface area is 235 Å². The van der Waals surface area contributed by atoms with Crippen molar-refractivity contribution < 1.29 is 9.63 Å².